The number of aromatic nitrogens is 4. The molecule has 0 saturated heterocycles. The number of nitrogens with zero attached hydrogens (tertiary/aromatic N) is 4. The minimum Gasteiger partial charge on any atom is -0.340 e. The SMILES string of the molecule is Cc1cc(Nc2cccc(Cl)c2C)n2nc(-c3ccccc3)nc2n1. The molecule has 0 fully saturated rings. The molecule has 0 saturated carbocycles. The van der Waals surface area contributed by atoms with Crippen LogP contribution in [0.2, 0.25) is 5.02 Å². The molecule has 0 aliphatic heterocycles. The zero-order valence-corrected chi connectivity index (χ0v) is 14.6. The molecular weight excluding hydrogens is 334 g/mol. The van der Waals surface area contributed by atoms with E-state index in [0.29, 0.717) is 11.6 Å². The lowest BCUT2D eigenvalue weighted by Crippen LogP contribution is -2.03. The van der Waals surface area contributed by atoms with Gasteiger partial charge in [0.1, 0.15) is 5.82 Å². The van der Waals surface area contributed by atoms with Crippen LogP contribution in [0.3, 0.4) is 0 Å². The summed E-state index contributed by atoms with van der Waals surface area (Å²) in [4.78, 5) is 9.05. The summed E-state index contributed by atoms with van der Waals surface area (Å²) in [6.45, 7) is 3.92. The smallest absolute Gasteiger partial charge is 0.254 e. The van der Waals surface area contributed by atoms with Crippen molar-refractivity contribution in [1.29, 1.82) is 0 Å². The largest absolute Gasteiger partial charge is 0.340 e. The average molecular weight is 350 g/mol. The fourth-order valence-corrected chi connectivity index (χ4v) is 2.84. The van der Waals surface area contributed by atoms with Crippen LogP contribution in [0, 0.1) is 13.8 Å². The first kappa shape index (κ1) is 15.6. The zero-order valence-electron chi connectivity index (χ0n) is 13.9. The van der Waals surface area contributed by atoms with Gasteiger partial charge >= 0.3 is 0 Å². The number of anilines is 2. The first-order valence-corrected chi connectivity index (χ1v) is 8.31. The van der Waals surface area contributed by atoms with Gasteiger partial charge in [-0.05, 0) is 31.5 Å². The van der Waals surface area contributed by atoms with Gasteiger partial charge in [0, 0.05) is 28.0 Å². The molecule has 0 amide bonds. The molecule has 5 nitrogen and oxygen atoms in total. The van der Waals surface area contributed by atoms with E-state index in [9.17, 15) is 0 Å². The van der Waals surface area contributed by atoms with E-state index in [4.69, 9.17) is 11.6 Å². The molecule has 2 heterocycles. The Kier molecular flexibility index (Phi) is 3.86. The Bertz CT molecular complexity index is 1060. The Morgan fingerprint density at radius 3 is 2.56 bits per heavy atom. The van der Waals surface area contributed by atoms with E-state index in [1.807, 2.05) is 68.4 Å². The number of hydrogen-bond acceptors (Lipinski definition) is 4. The highest BCUT2D eigenvalue weighted by atomic mass is 35.5. The summed E-state index contributed by atoms with van der Waals surface area (Å²) < 4.78 is 1.72. The number of rotatable bonds is 3. The normalized spacial score (nSPS) is 11.0. The van der Waals surface area contributed by atoms with E-state index >= 15 is 0 Å². The molecule has 2 aromatic carbocycles. The predicted octanol–water partition coefficient (Wildman–Crippen LogP) is 4.81. The summed E-state index contributed by atoms with van der Waals surface area (Å²) in [7, 11) is 0. The van der Waals surface area contributed by atoms with Gasteiger partial charge in [0.2, 0.25) is 0 Å². The van der Waals surface area contributed by atoms with Crippen LogP contribution in [0.15, 0.2) is 54.6 Å². The van der Waals surface area contributed by atoms with Gasteiger partial charge in [-0.25, -0.2) is 4.98 Å². The third-order valence-corrected chi connectivity index (χ3v) is 4.41. The van der Waals surface area contributed by atoms with Gasteiger partial charge in [-0.2, -0.15) is 9.50 Å². The molecule has 0 radical (unpaired) electrons. The summed E-state index contributed by atoms with van der Waals surface area (Å²) in [5.74, 6) is 1.99. The zero-order chi connectivity index (χ0) is 17.4. The molecule has 0 spiro atoms. The fourth-order valence-electron chi connectivity index (χ4n) is 2.67. The summed E-state index contributed by atoms with van der Waals surface area (Å²) in [5, 5.41) is 8.74. The Labute approximate surface area is 150 Å². The standard InChI is InChI=1S/C19H16ClN5/c1-12-11-17(22-16-10-6-9-15(20)13(16)2)25-19(21-12)23-18(24-25)14-7-4-3-5-8-14/h3-11,22H,1-2H3. The highest BCUT2D eigenvalue weighted by molar-refractivity contribution is 6.31. The predicted molar refractivity (Wildman–Crippen MR) is 100 cm³/mol. The lowest BCUT2D eigenvalue weighted by Gasteiger charge is -2.11. The number of benzene rings is 2. The molecule has 2 aromatic heterocycles. The average Bonchev–Trinajstić information content (AvgIpc) is 3.04. The Morgan fingerprint density at radius 2 is 1.76 bits per heavy atom. The molecule has 0 unspecified atom stereocenters. The lowest BCUT2D eigenvalue weighted by atomic mass is 10.2. The number of halogens is 1. The maximum Gasteiger partial charge on any atom is 0.254 e. The Hall–Kier alpha value is -2.92. The van der Waals surface area contributed by atoms with E-state index in [2.05, 4.69) is 20.4 Å². The van der Waals surface area contributed by atoms with Gasteiger partial charge in [0.05, 0.1) is 0 Å². The molecule has 4 rings (SSSR count). The van der Waals surface area contributed by atoms with Crippen molar-refractivity contribution in [2.24, 2.45) is 0 Å². The second kappa shape index (κ2) is 6.18. The van der Waals surface area contributed by atoms with Crippen molar-refractivity contribution in [2.45, 2.75) is 13.8 Å². The molecule has 0 bridgehead atoms. The highest BCUT2D eigenvalue weighted by Crippen LogP contribution is 2.27. The summed E-state index contributed by atoms with van der Waals surface area (Å²) in [5.41, 5.74) is 3.73. The fraction of sp³-hybridized carbons (Fsp3) is 0.105. The number of nitrogens with one attached hydrogen (secondary N) is 1. The Balaban J connectivity index is 1.83. The third-order valence-electron chi connectivity index (χ3n) is 4.00. The van der Waals surface area contributed by atoms with Crippen molar-refractivity contribution in [1.82, 2.24) is 19.6 Å². The maximum atomic E-state index is 6.23. The van der Waals surface area contributed by atoms with Crippen LogP contribution in [-0.2, 0) is 0 Å². The van der Waals surface area contributed by atoms with Crippen LogP contribution < -0.4 is 5.32 Å². The topological polar surface area (TPSA) is 55.1 Å². The third kappa shape index (κ3) is 2.94. The second-order valence-electron chi connectivity index (χ2n) is 5.83. The van der Waals surface area contributed by atoms with E-state index in [1.165, 1.54) is 0 Å². The first-order chi connectivity index (χ1) is 12.1. The summed E-state index contributed by atoms with van der Waals surface area (Å²) in [6, 6.07) is 17.6. The van der Waals surface area contributed by atoms with Crippen LogP contribution in [0.5, 0.6) is 0 Å². The quantitative estimate of drug-likeness (QED) is 0.577. The monoisotopic (exact) mass is 349 g/mol. The molecule has 6 heteroatoms. The van der Waals surface area contributed by atoms with Crippen LogP contribution in [0.1, 0.15) is 11.3 Å². The molecule has 1 N–H and O–H groups in total. The van der Waals surface area contributed by atoms with Gasteiger partial charge in [-0.15, -0.1) is 5.10 Å². The van der Waals surface area contributed by atoms with Crippen molar-refractivity contribution in [3.8, 4) is 11.4 Å². The van der Waals surface area contributed by atoms with Gasteiger partial charge in [0.15, 0.2) is 5.82 Å². The van der Waals surface area contributed by atoms with Crippen molar-refractivity contribution in [3.05, 3.63) is 70.9 Å². The minimum absolute atomic E-state index is 0.557. The molecule has 0 atom stereocenters. The highest BCUT2D eigenvalue weighted by Gasteiger charge is 2.12. The van der Waals surface area contributed by atoms with Crippen LogP contribution in [0.4, 0.5) is 11.5 Å². The van der Waals surface area contributed by atoms with Crippen molar-refractivity contribution >= 4 is 28.9 Å². The summed E-state index contributed by atoms with van der Waals surface area (Å²) >= 11 is 6.23. The Morgan fingerprint density at radius 1 is 0.960 bits per heavy atom. The van der Waals surface area contributed by atoms with Crippen LogP contribution in [0.25, 0.3) is 17.2 Å². The number of fused-ring (bicyclic) bond motifs is 1. The van der Waals surface area contributed by atoms with Gasteiger partial charge < -0.3 is 5.32 Å². The van der Waals surface area contributed by atoms with Gasteiger partial charge in [0.25, 0.3) is 5.78 Å². The van der Waals surface area contributed by atoms with Crippen molar-refractivity contribution in [3.63, 3.8) is 0 Å². The van der Waals surface area contributed by atoms with Gasteiger partial charge in [-0.1, -0.05) is 48.0 Å². The molecule has 25 heavy (non-hydrogen) atoms. The summed E-state index contributed by atoms with van der Waals surface area (Å²) in [6.07, 6.45) is 0. The molecule has 4 aromatic rings. The number of aryl methyl sites for hydroxylation is 1. The minimum atomic E-state index is 0.557. The maximum absolute atomic E-state index is 6.23. The lowest BCUT2D eigenvalue weighted by molar-refractivity contribution is 0.940. The molecular formula is C19H16ClN5. The molecule has 0 aliphatic carbocycles. The van der Waals surface area contributed by atoms with E-state index < -0.39 is 0 Å². The number of hydrogen-bond donors (Lipinski definition) is 1. The van der Waals surface area contributed by atoms with E-state index in [1.54, 1.807) is 4.52 Å². The van der Waals surface area contributed by atoms with E-state index in [-0.39, 0.29) is 0 Å². The first-order valence-electron chi connectivity index (χ1n) is 7.94. The van der Waals surface area contributed by atoms with Crippen LogP contribution >= 0.6 is 11.6 Å². The second-order valence-corrected chi connectivity index (χ2v) is 6.24. The van der Waals surface area contributed by atoms with Crippen molar-refractivity contribution < 1.29 is 0 Å². The van der Waals surface area contributed by atoms with Crippen LogP contribution in [-0.4, -0.2) is 19.6 Å². The van der Waals surface area contributed by atoms with E-state index in [0.717, 1.165) is 33.3 Å². The molecule has 124 valence electrons. The molecule has 0 aliphatic rings. The van der Waals surface area contributed by atoms with Crippen molar-refractivity contribution in [2.75, 3.05) is 5.32 Å². The van der Waals surface area contributed by atoms with Gasteiger partial charge in [-0.3, -0.25) is 0 Å².